The van der Waals surface area contributed by atoms with Gasteiger partial charge in [0.15, 0.2) is 0 Å². The predicted octanol–water partition coefficient (Wildman–Crippen LogP) is 16.2. The molecule has 0 bridgehead atoms. The number of hydrogen-bond acceptors (Lipinski definition) is 0. The molecule has 0 atom stereocenters. The lowest BCUT2D eigenvalue weighted by Crippen LogP contribution is -2.61. The van der Waals surface area contributed by atoms with E-state index in [2.05, 4.69) is 256 Å². The summed E-state index contributed by atoms with van der Waals surface area (Å²) in [4.78, 5) is 0. The van der Waals surface area contributed by atoms with Gasteiger partial charge in [-0.25, -0.2) is 0 Å². The standard InChI is InChI=1S/C71H63BN2/c1-67(2,3)43-30-31-60-50(32-43)51-34-45(69(7,8)9)37-58-63(51)73(60)65-49(42-28-26-41(27-29-42)40-20-14-13-15-21-40)39-57-66-61(65)72(58)59-38-46(70(10,11)12)35-53-52-33-44(68(4,5)6)36-56(62(52)74(66)64(53)59)71(57)54-24-18-16-22-47(54)48-23-17-19-25-55(48)71/h13-39H,1-12H3. The van der Waals surface area contributed by atoms with Gasteiger partial charge in [0.2, 0.25) is 0 Å². The van der Waals surface area contributed by atoms with Crippen molar-refractivity contribution in [2.45, 2.75) is 110 Å². The zero-order valence-electron chi connectivity index (χ0n) is 45.1. The van der Waals surface area contributed by atoms with Gasteiger partial charge in [0.1, 0.15) is 0 Å². The Morgan fingerprint density at radius 1 is 0.338 bits per heavy atom. The highest BCUT2D eigenvalue weighted by Crippen LogP contribution is 2.63. The molecule has 0 N–H and O–H groups in total. The van der Waals surface area contributed by atoms with Crippen LogP contribution >= 0.6 is 0 Å². The summed E-state index contributed by atoms with van der Waals surface area (Å²) in [5.74, 6) is 0. The number of aromatic nitrogens is 2. The average molecular weight is 955 g/mol. The lowest BCUT2D eigenvalue weighted by molar-refractivity contribution is 0.588. The third kappa shape index (κ3) is 5.53. The van der Waals surface area contributed by atoms with Crippen LogP contribution in [0.3, 0.4) is 0 Å². The Morgan fingerprint density at radius 2 is 0.811 bits per heavy atom. The van der Waals surface area contributed by atoms with E-state index in [4.69, 9.17) is 0 Å². The molecule has 2 nitrogen and oxygen atoms in total. The molecule has 2 aromatic heterocycles. The molecule has 1 spiro atoms. The van der Waals surface area contributed by atoms with E-state index < -0.39 is 5.41 Å². The Morgan fingerprint density at radius 3 is 1.39 bits per heavy atom. The van der Waals surface area contributed by atoms with Crippen LogP contribution in [-0.4, -0.2) is 15.8 Å². The molecule has 15 rings (SSSR count). The smallest absolute Gasteiger partial charge is 0.252 e. The number of benzene rings is 9. The molecule has 3 heteroatoms. The molecule has 360 valence electrons. The molecule has 11 aromatic rings. The molecule has 0 amide bonds. The van der Waals surface area contributed by atoms with Crippen molar-refractivity contribution in [3.05, 3.63) is 208 Å². The maximum atomic E-state index is 2.80. The Hall–Kier alpha value is -7.36. The topological polar surface area (TPSA) is 9.86 Å². The van der Waals surface area contributed by atoms with E-state index >= 15 is 0 Å². The Labute approximate surface area is 436 Å². The molecular formula is C71H63BN2. The molecule has 0 unspecified atom stereocenters. The fraction of sp³-hybridized carbons (Fsp3) is 0.239. The molecule has 4 aliphatic rings. The van der Waals surface area contributed by atoms with Crippen molar-refractivity contribution in [2.24, 2.45) is 0 Å². The lowest BCUT2D eigenvalue weighted by Gasteiger charge is -2.45. The third-order valence-corrected chi connectivity index (χ3v) is 18.1. The first-order chi connectivity index (χ1) is 35.2. The molecule has 9 aromatic carbocycles. The van der Waals surface area contributed by atoms with Crippen molar-refractivity contribution >= 4 is 66.7 Å². The van der Waals surface area contributed by atoms with E-state index in [0.717, 1.165) is 0 Å². The van der Waals surface area contributed by atoms with Crippen LogP contribution in [0, 0.1) is 0 Å². The summed E-state index contributed by atoms with van der Waals surface area (Å²) < 4.78 is 5.54. The van der Waals surface area contributed by atoms with Crippen LogP contribution < -0.4 is 16.4 Å². The SMILES string of the molecule is CC(C)(C)c1ccc2c(c1)c1cc(C(C)(C)C)cc3c1n2-c1c(-c2ccc(-c4ccccc4)cc2)cc2c4c1B3c1cc(C(C)(C)C)cc3c5cc(C(C)(C)C)cc(c5n-4c13)C21c2ccccc2-c2ccccc21. The van der Waals surface area contributed by atoms with E-state index in [-0.39, 0.29) is 28.4 Å². The van der Waals surface area contributed by atoms with Gasteiger partial charge in [0.25, 0.3) is 6.71 Å². The Balaban J connectivity index is 1.23. The Kier molecular flexibility index (Phi) is 8.39. The molecule has 3 aliphatic heterocycles. The van der Waals surface area contributed by atoms with Crippen LogP contribution in [0.1, 0.15) is 128 Å². The normalized spacial score (nSPS) is 14.8. The molecule has 0 radical (unpaired) electrons. The van der Waals surface area contributed by atoms with Gasteiger partial charge in [-0.05, 0) is 147 Å². The second-order valence-electron chi connectivity index (χ2n) is 26.5. The highest BCUT2D eigenvalue weighted by Gasteiger charge is 2.55. The summed E-state index contributed by atoms with van der Waals surface area (Å²) in [6.07, 6.45) is 0. The minimum atomic E-state index is -0.613. The van der Waals surface area contributed by atoms with Crippen molar-refractivity contribution in [1.29, 1.82) is 0 Å². The van der Waals surface area contributed by atoms with Crippen LogP contribution in [0.2, 0.25) is 0 Å². The summed E-state index contributed by atoms with van der Waals surface area (Å²) in [6.45, 7) is 28.7. The van der Waals surface area contributed by atoms with E-state index in [1.165, 1.54) is 149 Å². The first kappa shape index (κ1) is 44.2. The van der Waals surface area contributed by atoms with Gasteiger partial charge in [-0.2, -0.15) is 0 Å². The van der Waals surface area contributed by atoms with E-state index in [0.29, 0.717) is 0 Å². The van der Waals surface area contributed by atoms with Gasteiger partial charge in [0.05, 0.1) is 22.1 Å². The predicted molar refractivity (Wildman–Crippen MR) is 316 cm³/mol. The lowest BCUT2D eigenvalue weighted by atomic mass is 9.33. The highest BCUT2D eigenvalue weighted by molar-refractivity contribution is 7.00. The van der Waals surface area contributed by atoms with Crippen LogP contribution in [0.25, 0.3) is 88.4 Å². The van der Waals surface area contributed by atoms with Gasteiger partial charge >= 0.3 is 0 Å². The van der Waals surface area contributed by atoms with Crippen molar-refractivity contribution in [3.8, 4) is 44.8 Å². The summed E-state index contributed by atoms with van der Waals surface area (Å²) >= 11 is 0. The number of hydrogen-bond donors (Lipinski definition) is 0. The van der Waals surface area contributed by atoms with Gasteiger partial charge < -0.3 is 9.13 Å². The van der Waals surface area contributed by atoms with Crippen LogP contribution in [0.15, 0.2) is 164 Å². The maximum Gasteiger partial charge on any atom is 0.252 e. The number of fused-ring (bicyclic) bond motifs is 14. The second kappa shape index (κ2) is 14.1. The van der Waals surface area contributed by atoms with Crippen LogP contribution in [-0.2, 0) is 27.1 Å². The molecule has 0 fully saturated rings. The van der Waals surface area contributed by atoms with Gasteiger partial charge in [-0.15, -0.1) is 0 Å². The minimum Gasteiger partial charge on any atom is -0.310 e. The van der Waals surface area contributed by atoms with Crippen molar-refractivity contribution in [1.82, 2.24) is 9.13 Å². The van der Waals surface area contributed by atoms with Crippen molar-refractivity contribution < 1.29 is 0 Å². The summed E-state index contributed by atoms with van der Waals surface area (Å²) in [6, 6.07) is 65.0. The number of rotatable bonds is 2. The molecule has 1 aliphatic carbocycles. The summed E-state index contributed by atoms with van der Waals surface area (Å²) in [7, 11) is 0. The maximum absolute atomic E-state index is 2.80. The molecule has 74 heavy (non-hydrogen) atoms. The molecule has 5 heterocycles. The average Bonchev–Trinajstić information content (AvgIpc) is 4.11. The van der Waals surface area contributed by atoms with Crippen LogP contribution in [0.5, 0.6) is 0 Å². The van der Waals surface area contributed by atoms with Gasteiger partial charge in [-0.1, -0.05) is 210 Å². The van der Waals surface area contributed by atoms with Crippen molar-refractivity contribution in [2.75, 3.05) is 0 Å². The number of nitrogens with zero attached hydrogens (tertiary/aromatic N) is 2. The van der Waals surface area contributed by atoms with Crippen LogP contribution in [0.4, 0.5) is 0 Å². The Bertz CT molecular complexity index is 4270. The molecule has 0 saturated heterocycles. The second-order valence-corrected chi connectivity index (χ2v) is 26.5. The van der Waals surface area contributed by atoms with E-state index in [9.17, 15) is 0 Å². The fourth-order valence-electron chi connectivity index (χ4n) is 14.3. The van der Waals surface area contributed by atoms with Gasteiger partial charge in [-0.3, -0.25) is 0 Å². The molecular weight excluding hydrogens is 892 g/mol. The first-order valence-electron chi connectivity index (χ1n) is 27.1. The van der Waals surface area contributed by atoms with Gasteiger partial charge in [0, 0.05) is 43.8 Å². The third-order valence-electron chi connectivity index (χ3n) is 18.1. The fourth-order valence-corrected chi connectivity index (χ4v) is 14.3. The molecule has 0 saturated carbocycles. The van der Waals surface area contributed by atoms with E-state index in [1.54, 1.807) is 0 Å². The monoisotopic (exact) mass is 955 g/mol. The first-order valence-corrected chi connectivity index (χ1v) is 27.1. The van der Waals surface area contributed by atoms with Crippen molar-refractivity contribution in [3.63, 3.8) is 0 Å². The zero-order valence-corrected chi connectivity index (χ0v) is 45.1. The highest BCUT2D eigenvalue weighted by atomic mass is 15.1. The zero-order chi connectivity index (χ0) is 50.9. The largest absolute Gasteiger partial charge is 0.310 e. The summed E-state index contributed by atoms with van der Waals surface area (Å²) in [5.41, 5.74) is 30.0. The summed E-state index contributed by atoms with van der Waals surface area (Å²) in [5, 5.41) is 5.42. The minimum absolute atomic E-state index is 0.0162. The van der Waals surface area contributed by atoms with E-state index in [1.807, 2.05) is 0 Å². The quantitative estimate of drug-likeness (QED) is 0.153.